The van der Waals surface area contributed by atoms with Crippen LogP contribution in [0.5, 0.6) is 0 Å². The van der Waals surface area contributed by atoms with Gasteiger partial charge in [0.05, 0.1) is 16.7 Å². The molecule has 0 fully saturated rings. The highest BCUT2D eigenvalue weighted by Crippen LogP contribution is 2.23. The molecule has 6 nitrogen and oxygen atoms in total. The number of rotatable bonds is 2. The second-order valence-electron chi connectivity index (χ2n) is 5.87. The molecule has 0 atom stereocenters. The molecule has 0 amide bonds. The standard InChI is InChI=1S/C19H16N4O2/c1-22-16-7-3-2-5-13(16)15(11-19(22)25)21-23-17-8-4-6-14(20)12(17)9-10-18(23)24/h2-11,21H,20H2,1H3. The van der Waals surface area contributed by atoms with Crippen molar-refractivity contribution >= 4 is 33.2 Å². The molecule has 124 valence electrons. The molecule has 0 aliphatic heterocycles. The molecule has 0 aliphatic rings. The average molecular weight is 332 g/mol. The highest BCUT2D eigenvalue weighted by atomic mass is 16.1. The molecule has 2 heterocycles. The van der Waals surface area contributed by atoms with E-state index in [9.17, 15) is 9.59 Å². The summed E-state index contributed by atoms with van der Waals surface area (Å²) in [5, 5.41) is 1.61. The van der Waals surface area contributed by atoms with E-state index in [4.69, 9.17) is 5.73 Å². The number of anilines is 2. The Morgan fingerprint density at radius 2 is 1.60 bits per heavy atom. The van der Waals surface area contributed by atoms with Crippen molar-refractivity contribution in [2.45, 2.75) is 0 Å². The quantitative estimate of drug-likeness (QED) is 0.552. The van der Waals surface area contributed by atoms with Crippen LogP contribution in [0, 0.1) is 0 Å². The number of nitrogens with zero attached hydrogens (tertiary/aromatic N) is 2. The summed E-state index contributed by atoms with van der Waals surface area (Å²) in [6.45, 7) is 0. The lowest BCUT2D eigenvalue weighted by atomic mass is 10.1. The lowest BCUT2D eigenvalue weighted by molar-refractivity contribution is 0.898. The Hall–Kier alpha value is -3.54. The molecule has 0 aliphatic carbocycles. The van der Waals surface area contributed by atoms with Gasteiger partial charge in [-0.1, -0.05) is 24.3 Å². The SMILES string of the molecule is Cn1c(=O)cc(Nn2c(=O)ccc3c(N)cccc32)c2ccccc21. The van der Waals surface area contributed by atoms with Crippen molar-refractivity contribution in [2.24, 2.45) is 7.05 Å². The van der Waals surface area contributed by atoms with Crippen LogP contribution >= 0.6 is 0 Å². The highest BCUT2D eigenvalue weighted by molar-refractivity contribution is 5.93. The third-order valence-corrected chi connectivity index (χ3v) is 4.36. The molecule has 4 aromatic rings. The maximum absolute atomic E-state index is 12.4. The fraction of sp³-hybridized carbons (Fsp3) is 0.0526. The van der Waals surface area contributed by atoms with Gasteiger partial charge in [-0.2, -0.15) is 0 Å². The predicted octanol–water partition coefficient (Wildman–Crippen LogP) is 2.31. The molecule has 0 saturated carbocycles. The van der Waals surface area contributed by atoms with Crippen LogP contribution in [0.3, 0.4) is 0 Å². The van der Waals surface area contributed by atoms with Crippen molar-refractivity contribution in [1.82, 2.24) is 9.24 Å². The van der Waals surface area contributed by atoms with Gasteiger partial charge in [-0.3, -0.25) is 15.0 Å². The van der Waals surface area contributed by atoms with Gasteiger partial charge in [0.1, 0.15) is 0 Å². The Morgan fingerprint density at radius 1 is 0.840 bits per heavy atom. The Kier molecular flexibility index (Phi) is 3.32. The van der Waals surface area contributed by atoms with Crippen LogP contribution in [-0.4, -0.2) is 9.24 Å². The van der Waals surface area contributed by atoms with Crippen molar-refractivity contribution in [1.29, 1.82) is 0 Å². The first-order chi connectivity index (χ1) is 12.1. The molecule has 2 aromatic heterocycles. The Balaban J connectivity index is 2.00. The Labute approximate surface area is 142 Å². The molecule has 0 saturated heterocycles. The number of hydrogen-bond donors (Lipinski definition) is 2. The molecule has 0 bridgehead atoms. The zero-order valence-corrected chi connectivity index (χ0v) is 13.6. The number of para-hydroxylation sites is 1. The molecule has 0 radical (unpaired) electrons. The number of pyridine rings is 2. The summed E-state index contributed by atoms with van der Waals surface area (Å²) in [4.78, 5) is 24.7. The summed E-state index contributed by atoms with van der Waals surface area (Å²) in [6, 6.07) is 17.6. The molecule has 0 unspecified atom stereocenters. The van der Waals surface area contributed by atoms with Crippen molar-refractivity contribution in [2.75, 3.05) is 11.2 Å². The van der Waals surface area contributed by atoms with Crippen molar-refractivity contribution < 1.29 is 0 Å². The first kappa shape index (κ1) is 15.0. The van der Waals surface area contributed by atoms with Crippen LogP contribution in [0.2, 0.25) is 0 Å². The van der Waals surface area contributed by atoms with E-state index in [1.54, 1.807) is 29.8 Å². The smallest absolute Gasteiger partial charge is 0.269 e. The third-order valence-electron chi connectivity index (χ3n) is 4.36. The van der Waals surface area contributed by atoms with Crippen molar-refractivity contribution in [3.63, 3.8) is 0 Å². The number of nitrogens with two attached hydrogens (primary N) is 1. The number of fused-ring (bicyclic) bond motifs is 2. The Bertz CT molecular complexity index is 1240. The molecule has 25 heavy (non-hydrogen) atoms. The van der Waals surface area contributed by atoms with Crippen LogP contribution in [0.4, 0.5) is 11.4 Å². The summed E-state index contributed by atoms with van der Waals surface area (Å²) >= 11 is 0. The number of hydrogen-bond acceptors (Lipinski definition) is 4. The lowest BCUT2D eigenvalue weighted by Crippen LogP contribution is -2.27. The van der Waals surface area contributed by atoms with Crippen LogP contribution in [0.1, 0.15) is 0 Å². The largest absolute Gasteiger partial charge is 0.398 e. The van der Waals surface area contributed by atoms with Gasteiger partial charge < -0.3 is 10.3 Å². The summed E-state index contributed by atoms with van der Waals surface area (Å²) < 4.78 is 2.98. The maximum atomic E-state index is 12.4. The van der Waals surface area contributed by atoms with E-state index in [1.807, 2.05) is 30.3 Å². The first-order valence-corrected chi connectivity index (χ1v) is 7.82. The lowest BCUT2D eigenvalue weighted by Gasteiger charge is -2.16. The average Bonchev–Trinajstić information content (AvgIpc) is 2.62. The maximum Gasteiger partial charge on any atom is 0.269 e. The van der Waals surface area contributed by atoms with Gasteiger partial charge in [0.15, 0.2) is 0 Å². The minimum Gasteiger partial charge on any atom is -0.398 e. The predicted molar refractivity (Wildman–Crippen MR) is 101 cm³/mol. The van der Waals surface area contributed by atoms with E-state index in [0.717, 1.165) is 16.3 Å². The van der Waals surface area contributed by atoms with E-state index in [-0.39, 0.29) is 11.1 Å². The van der Waals surface area contributed by atoms with Crippen LogP contribution in [0.25, 0.3) is 21.8 Å². The zero-order chi connectivity index (χ0) is 17.6. The van der Waals surface area contributed by atoms with Gasteiger partial charge in [-0.05, 0) is 24.3 Å². The number of nitrogen functional groups attached to an aromatic ring is 1. The number of nitrogens with one attached hydrogen (secondary N) is 1. The summed E-state index contributed by atoms with van der Waals surface area (Å²) in [5.74, 6) is 0. The van der Waals surface area contributed by atoms with E-state index in [1.165, 1.54) is 16.8 Å². The second kappa shape index (κ2) is 5.52. The van der Waals surface area contributed by atoms with Gasteiger partial charge >= 0.3 is 0 Å². The van der Waals surface area contributed by atoms with E-state index in [0.29, 0.717) is 16.9 Å². The van der Waals surface area contributed by atoms with Gasteiger partial charge in [-0.15, -0.1) is 0 Å². The fourth-order valence-electron chi connectivity index (χ4n) is 3.03. The van der Waals surface area contributed by atoms with E-state index < -0.39 is 0 Å². The van der Waals surface area contributed by atoms with E-state index >= 15 is 0 Å². The number of aromatic nitrogens is 2. The molecule has 4 rings (SSSR count). The zero-order valence-electron chi connectivity index (χ0n) is 13.6. The highest BCUT2D eigenvalue weighted by Gasteiger charge is 2.09. The molecular weight excluding hydrogens is 316 g/mol. The number of benzene rings is 2. The topological polar surface area (TPSA) is 82.0 Å². The van der Waals surface area contributed by atoms with Crippen LogP contribution in [0.15, 0.2) is 70.3 Å². The normalized spacial score (nSPS) is 11.1. The van der Waals surface area contributed by atoms with Crippen LogP contribution < -0.4 is 22.3 Å². The Morgan fingerprint density at radius 3 is 2.44 bits per heavy atom. The first-order valence-electron chi connectivity index (χ1n) is 7.82. The van der Waals surface area contributed by atoms with E-state index in [2.05, 4.69) is 5.43 Å². The van der Waals surface area contributed by atoms with Gasteiger partial charge in [-0.25, -0.2) is 4.68 Å². The monoisotopic (exact) mass is 332 g/mol. The summed E-state index contributed by atoms with van der Waals surface area (Å²) in [6.07, 6.45) is 0. The van der Waals surface area contributed by atoms with Crippen molar-refractivity contribution in [3.05, 3.63) is 81.4 Å². The summed E-state index contributed by atoms with van der Waals surface area (Å²) in [7, 11) is 1.72. The molecule has 6 heteroatoms. The van der Waals surface area contributed by atoms with Gasteiger partial charge in [0.2, 0.25) is 0 Å². The number of aryl methyl sites for hydroxylation is 1. The molecule has 3 N–H and O–H groups in total. The van der Waals surface area contributed by atoms with Crippen molar-refractivity contribution in [3.8, 4) is 0 Å². The summed E-state index contributed by atoms with van der Waals surface area (Å²) in [5.41, 5.74) is 11.3. The minimum absolute atomic E-state index is 0.158. The fourth-order valence-corrected chi connectivity index (χ4v) is 3.03. The van der Waals surface area contributed by atoms with Crippen LogP contribution in [-0.2, 0) is 7.05 Å². The third kappa shape index (κ3) is 2.35. The molecule has 2 aromatic carbocycles. The molecular formula is C19H16N4O2. The molecule has 0 spiro atoms. The minimum atomic E-state index is -0.233. The van der Waals surface area contributed by atoms with Gasteiger partial charge in [0.25, 0.3) is 11.1 Å². The second-order valence-corrected chi connectivity index (χ2v) is 5.87. The van der Waals surface area contributed by atoms with Gasteiger partial charge in [0, 0.05) is 35.6 Å².